The Hall–Kier alpha value is -4.31. The summed E-state index contributed by atoms with van der Waals surface area (Å²) in [6, 6.07) is 9.96. The number of esters is 1. The Kier molecular flexibility index (Phi) is 7.83. The Morgan fingerprint density at radius 3 is 2.67 bits per heavy atom. The number of carbonyl (C=O) groups excluding carboxylic acids is 1. The zero-order chi connectivity index (χ0) is 27.4. The number of pyridine rings is 2. The van der Waals surface area contributed by atoms with Gasteiger partial charge in [0.05, 0.1) is 44.1 Å². The number of aromatic nitrogens is 4. The summed E-state index contributed by atoms with van der Waals surface area (Å²) in [6.45, 7) is 4.77. The smallest absolute Gasteiger partial charge is 0.306 e. The number of rotatable bonds is 8. The molecule has 0 aliphatic carbocycles. The molecule has 202 valence electrons. The number of H-pyrrole nitrogens is 1. The number of ether oxygens (including phenoxy) is 2. The van der Waals surface area contributed by atoms with E-state index in [4.69, 9.17) is 14.5 Å². The fourth-order valence-corrected chi connectivity index (χ4v) is 5.17. The summed E-state index contributed by atoms with van der Waals surface area (Å²) in [5.41, 5.74) is 4.25. The third kappa shape index (κ3) is 5.91. The van der Waals surface area contributed by atoms with Gasteiger partial charge in [-0.2, -0.15) is 0 Å². The largest absolute Gasteiger partial charge is 0.480 e. The molecular weight excluding hydrogens is 496 g/mol. The SMILES string of the molecule is COC(=O)CCN1CCC(c2ccc(Nc3nc(-c4cncc(OC)n4)cc4cc[nH]c(=O)c34)cc2C)CC1. The average Bonchev–Trinajstić information content (AvgIpc) is 2.96. The van der Waals surface area contributed by atoms with E-state index in [1.165, 1.54) is 31.5 Å². The molecule has 1 aliphatic heterocycles. The highest BCUT2D eigenvalue weighted by molar-refractivity contribution is 5.94. The fourth-order valence-electron chi connectivity index (χ4n) is 5.17. The van der Waals surface area contributed by atoms with Gasteiger partial charge in [-0.3, -0.25) is 14.6 Å². The number of aryl methyl sites for hydroxylation is 1. The van der Waals surface area contributed by atoms with Gasteiger partial charge in [0.25, 0.3) is 5.56 Å². The van der Waals surface area contributed by atoms with Crippen LogP contribution in [0.5, 0.6) is 5.88 Å². The molecule has 5 rings (SSSR count). The second kappa shape index (κ2) is 11.6. The lowest BCUT2D eigenvalue weighted by Gasteiger charge is -2.32. The van der Waals surface area contributed by atoms with E-state index in [1.807, 2.05) is 18.2 Å². The first kappa shape index (κ1) is 26.3. The van der Waals surface area contributed by atoms with Crippen LogP contribution in [0, 0.1) is 6.92 Å². The van der Waals surface area contributed by atoms with Crippen LogP contribution in [0.15, 0.2) is 53.7 Å². The normalized spacial score (nSPS) is 14.3. The average molecular weight is 529 g/mol. The molecule has 10 heteroatoms. The number of benzene rings is 1. The molecule has 0 radical (unpaired) electrons. The molecule has 0 unspecified atom stereocenters. The number of piperidine rings is 1. The molecule has 4 heterocycles. The van der Waals surface area contributed by atoms with Gasteiger partial charge >= 0.3 is 5.97 Å². The van der Waals surface area contributed by atoms with Crippen LogP contribution >= 0.6 is 0 Å². The molecule has 1 saturated heterocycles. The number of fused-ring (bicyclic) bond motifs is 1. The molecule has 2 N–H and O–H groups in total. The van der Waals surface area contributed by atoms with E-state index in [0.717, 1.165) is 43.5 Å². The van der Waals surface area contributed by atoms with Gasteiger partial charge in [-0.15, -0.1) is 0 Å². The number of methoxy groups -OCH3 is 2. The third-order valence-electron chi connectivity index (χ3n) is 7.26. The maximum Gasteiger partial charge on any atom is 0.306 e. The Morgan fingerprint density at radius 2 is 1.92 bits per heavy atom. The van der Waals surface area contributed by atoms with Crippen LogP contribution in [0.25, 0.3) is 22.2 Å². The zero-order valence-electron chi connectivity index (χ0n) is 22.4. The van der Waals surface area contributed by atoms with E-state index >= 15 is 0 Å². The first-order valence-corrected chi connectivity index (χ1v) is 13.0. The summed E-state index contributed by atoms with van der Waals surface area (Å²) in [4.78, 5) is 42.7. The minimum absolute atomic E-state index is 0.165. The van der Waals surface area contributed by atoms with E-state index in [2.05, 4.69) is 44.2 Å². The molecular formula is C29H32N6O4. The van der Waals surface area contributed by atoms with Crippen LogP contribution in [0.2, 0.25) is 0 Å². The first-order valence-electron chi connectivity index (χ1n) is 13.0. The van der Waals surface area contributed by atoms with Gasteiger partial charge in [0.15, 0.2) is 0 Å². The number of hydrogen-bond acceptors (Lipinski definition) is 9. The van der Waals surface area contributed by atoms with E-state index in [-0.39, 0.29) is 11.5 Å². The summed E-state index contributed by atoms with van der Waals surface area (Å²) in [5.74, 6) is 1.13. The lowest BCUT2D eigenvalue weighted by atomic mass is 9.86. The summed E-state index contributed by atoms with van der Waals surface area (Å²) >= 11 is 0. The van der Waals surface area contributed by atoms with Crippen LogP contribution in [0.3, 0.4) is 0 Å². The highest BCUT2D eigenvalue weighted by Crippen LogP contribution is 2.33. The maximum atomic E-state index is 12.8. The van der Waals surface area contributed by atoms with Crippen LogP contribution in [-0.2, 0) is 9.53 Å². The number of aromatic amines is 1. The van der Waals surface area contributed by atoms with E-state index in [1.54, 1.807) is 12.4 Å². The van der Waals surface area contributed by atoms with Crippen molar-refractivity contribution in [3.05, 3.63) is 70.4 Å². The van der Waals surface area contributed by atoms with Crippen LogP contribution in [0.1, 0.15) is 36.3 Å². The Labute approximate surface area is 226 Å². The van der Waals surface area contributed by atoms with Crippen molar-refractivity contribution in [3.63, 3.8) is 0 Å². The number of hydrogen-bond donors (Lipinski definition) is 2. The lowest BCUT2D eigenvalue weighted by Crippen LogP contribution is -2.34. The van der Waals surface area contributed by atoms with Gasteiger partial charge in [0, 0.05) is 18.4 Å². The monoisotopic (exact) mass is 528 g/mol. The number of nitrogens with one attached hydrogen (secondary N) is 2. The minimum atomic E-state index is -0.224. The Morgan fingerprint density at radius 1 is 1.10 bits per heavy atom. The molecule has 0 bridgehead atoms. The summed E-state index contributed by atoms with van der Waals surface area (Å²) in [7, 11) is 2.97. The molecule has 3 aromatic heterocycles. The predicted molar refractivity (Wildman–Crippen MR) is 149 cm³/mol. The van der Waals surface area contributed by atoms with Gasteiger partial charge < -0.3 is 24.7 Å². The highest BCUT2D eigenvalue weighted by Gasteiger charge is 2.22. The van der Waals surface area contributed by atoms with Gasteiger partial charge in [-0.1, -0.05) is 6.07 Å². The second-order valence-corrected chi connectivity index (χ2v) is 9.71. The molecule has 1 aromatic carbocycles. The third-order valence-corrected chi connectivity index (χ3v) is 7.26. The van der Waals surface area contributed by atoms with Crippen molar-refractivity contribution in [2.24, 2.45) is 0 Å². The van der Waals surface area contributed by atoms with E-state index < -0.39 is 0 Å². The van der Waals surface area contributed by atoms with Crippen molar-refractivity contribution in [3.8, 4) is 17.3 Å². The first-order chi connectivity index (χ1) is 18.9. The second-order valence-electron chi connectivity index (χ2n) is 9.71. The number of carbonyl (C=O) groups is 1. The van der Waals surface area contributed by atoms with Crippen molar-refractivity contribution in [1.82, 2.24) is 24.8 Å². The Balaban J connectivity index is 1.38. The fraction of sp³-hybridized carbons (Fsp3) is 0.345. The number of nitrogens with zero attached hydrogens (tertiary/aromatic N) is 4. The molecule has 0 spiro atoms. The van der Waals surface area contributed by atoms with E-state index in [9.17, 15) is 9.59 Å². The highest BCUT2D eigenvalue weighted by atomic mass is 16.5. The number of anilines is 2. The van der Waals surface area contributed by atoms with Crippen molar-refractivity contribution in [2.45, 2.75) is 32.1 Å². The molecule has 0 saturated carbocycles. The quantitative estimate of drug-likeness (QED) is 0.324. The predicted octanol–water partition coefficient (Wildman–Crippen LogP) is 4.18. The summed E-state index contributed by atoms with van der Waals surface area (Å²) in [6.07, 6.45) is 7.28. The van der Waals surface area contributed by atoms with Crippen molar-refractivity contribution in [1.29, 1.82) is 0 Å². The number of likely N-dealkylation sites (tertiary alicyclic amines) is 1. The van der Waals surface area contributed by atoms with Gasteiger partial charge in [0.2, 0.25) is 5.88 Å². The van der Waals surface area contributed by atoms with Crippen LogP contribution in [-0.4, -0.2) is 64.7 Å². The van der Waals surface area contributed by atoms with Crippen LogP contribution in [0.4, 0.5) is 11.5 Å². The standard InChI is InChI=1S/C29H32N6O4/c1-18-14-21(4-5-22(18)19-7-11-35(12-8-19)13-9-26(36)39-3)32-28-27-20(6-10-31-29(27)37)15-23(34-28)24-16-30-17-25(33-24)38-2/h4-6,10,14-17,19H,7-9,11-13H2,1-3H3,(H,31,37)(H,32,34). The molecule has 1 fully saturated rings. The molecule has 1 aliphatic rings. The molecule has 4 aromatic rings. The topological polar surface area (TPSA) is 122 Å². The van der Waals surface area contributed by atoms with Crippen molar-refractivity contribution < 1.29 is 14.3 Å². The Bertz CT molecular complexity index is 1540. The van der Waals surface area contributed by atoms with Crippen molar-refractivity contribution >= 4 is 28.2 Å². The van der Waals surface area contributed by atoms with Gasteiger partial charge in [-0.25, -0.2) is 9.97 Å². The zero-order valence-corrected chi connectivity index (χ0v) is 22.4. The minimum Gasteiger partial charge on any atom is -0.480 e. The van der Waals surface area contributed by atoms with E-state index in [0.29, 0.717) is 40.8 Å². The molecule has 39 heavy (non-hydrogen) atoms. The maximum absolute atomic E-state index is 12.8. The van der Waals surface area contributed by atoms with Gasteiger partial charge in [-0.05, 0) is 79.6 Å². The summed E-state index contributed by atoms with van der Waals surface area (Å²) < 4.78 is 9.99. The lowest BCUT2D eigenvalue weighted by molar-refractivity contribution is -0.141. The molecule has 0 amide bonds. The summed E-state index contributed by atoms with van der Waals surface area (Å²) in [5, 5.41) is 4.58. The van der Waals surface area contributed by atoms with Crippen molar-refractivity contribution in [2.75, 3.05) is 39.2 Å². The van der Waals surface area contributed by atoms with Crippen LogP contribution < -0.4 is 15.6 Å². The molecule has 10 nitrogen and oxygen atoms in total. The molecule has 0 atom stereocenters. The van der Waals surface area contributed by atoms with Gasteiger partial charge in [0.1, 0.15) is 11.5 Å².